The van der Waals surface area contributed by atoms with Crippen molar-refractivity contribution >= 4 is 16.7 Å². The second-order valence-electron chi connectivity index (χ2n) is 7.11. The lowest BCUT2D eigenvalue weighted by atomic mass is 10.1. The van der Waals surface area contributed by atoms with E-state index >= 15 is 0 Å². The normalized spacial score (nSPS) is 18.3. The van der Waals surface area contributed by atoms with Crippen LogP contribution in [0.25, 0.3) is 10.9 Å². The molecular formula is C21H26N5+. The number of aliphatic imine (C=N–C) groups is 1. The molecule has 3 heterocycles. The summed E-state index contributed by atoms with van der Waals surface area (Å²) in [5.41, 5.74) is 9.72. The second kappa shape index (κ2) is 7.30. The molecule has 0 bridgehead atoms. The van der Waals surface area contributed by atoms with Crippen LogP contribution in [-0.4, -0.2) is 29.5 Å². The molecule has 5 nitrogen and oxygen atoms in total. The van der Waals surface area contributed by atoms with Gasteiger partial charge >= 0.3 is 0 Å². The van der Waals surface area contributed by atoms with Crippen LogP contribution in [0, 0.1) is 0 Å². The molecule has 5 heteroatoms. The minimum Gasteiger partial charge on any atom is -0.383 e. The summed E-state index contributed by atoms with van der Waals surface area (Å²) < 4.78 is 4.35. The molecule has 2 aromatic heterocycles. The van der Waals surface area contributed by atoms with Gasteiger partial charge in [-0.15, -0.1) is 0 Å². The van der Waals surface area contributed by atoms with Gasteiger partial charge in [0, 0.05) is 30.9 Å². The van der Waals surface area contributed by atoms with Crippen LogP contribution in [0.15, 0.2) is 60.0 Å². The van der Waals surface area contributed by atoms with Crippen molar-refractivity contribution in [3.05, 3.63) is 66.1 Å². The number of benzene rings is 1. The minimum atomic E-state index is 0.302. The molecule has 1 saturated heterocycles. The highest BCUT2D eigenvalue weighted by atomic mass is 15.0. The van der Waals surface area contributed by atoms with Gasteiger partial charge in [0.25, 0.3) is 0 Å². The summed E-state index contributed by atoms with van der Waals surface area (Å²) in [6, 6.07) is 13.1. The number of rotatable bonds is 4. The third-order valence-electron chi connectivity index (χ3n) is 5.04. The van der Waals surface area contributed by atoms with Gasteiger partial charge in [0.05, 0.1) is 16.9 Å². The van der Waals surface area contributed by atoms with Crippen LogP contribution in [0.5, 0.6) is 0 Å². The van der Waals surface area contributed by atoms with Crippen molar-refractivity contribution in [3.8, 4) is 0 Å². The smallest absolute Gasteiger partial charge is 0.177 e. The maximum atomic E-state index is 6.22. The fourth-order valence-corrected chi connectivity index (χ4v) is 3.58. The third kappa shape index (κ3) is 3.63. The molecule has 0 amide bonds. The number of pyridine rings is 1. The Balaban J connectivity index is 1.49. The molecule has 134 valence electrons. The van der Waals surface area contributed by atoms with Crippen molar-refractivity contribution in [2.45, 2.75) is 25.4 Å². The van der Waals surface area contributed by atoms with E-state index in [-0.39, 0.29) is 0 Å². The molecule has 4 rings (SSSR count). The SMILES string of the molecule is C[n+]1ccc2c(ccn2Cc2ccc(C(N)=NC3CCCNC3)cc2)c1. The molecule has 1 fully saturated rings. The predicted molar refractivity (Wildman–Crippen MR) is 105 cm³/mol. The lowest BCUT2D eigenvalue weighted by Gasteiger charge is -2.19. The number of hydrogen-bond acceptors (Lipinski definition) is 2. The quantitative estimate of drug-likeness (QED) is 0.430. The minimum absolute atomic E-state index is 0.302. The van der Waals surface area contributed by atoms with E-state index < -0.39 is 0 Å². The molecule has 3 aromatic rings. The molecule has 1 atom stereocenters. The zero-order chi connectivity index (χ0) is 17.9. The van der Waals surface area contributed by atoms with Gasteiger partial charge in [-0.25, -0.2) is 4.57 Å². The Morgan fingerprint density at radius 3 is 2.88 bits per heavy atom. The number of hydrogen-bond donors (Lipinski definition) is 2. The van der Waals surface area contributed by atoms with Gasteiger partial charge in [0.1, 0.15) is 12.9 Å². The molecule has 0 aliphatic carbocycles. The number of nitrogens with zero attached hydrogens (tertiary/aromatic N) is 3. The van der Waals surface area contributed by atoms with Crippen LogP contribution in [-0.2, 0) is 13.6 Å². The van der Waals surface area contributed by atoms with Gasteiger partial charge in [-0.2, -0.15) is 0 Å². The van der Waals surface area contributed by atoms with Crippen molar-refractivity contribution in [3.63, 3.8) is 0 Å². The fraction of sp³-hybridized carbons (Fsp3) is 0.333. The summed E-state index contributed by atoms with van der Waals surface area (Å²) in [6.07, 6.45) is 8.66. The summed E-state index contributed by atoms with van der Waals surface area (Å²) in [5, 5.41) is 4.63. The lowest BCUT2D eigenvalue weighted by Crippen LogP contribution is -2.34. The average molecular weight is 348 g/mol. The summed E-state index contributed by atoms with van der Waals surface area (Å²) in [6.45, 7) is 2.87. The van der Waals surface area contributed by atoms with Crippen molar-refractivity contribution in [1.29, 1.82) is 0 Å². The number of fused-ring (bicyclic) bond motifs is 1. The van der Waals surface area contributed by atoms with Crippen LogP contribution in [0.2, 0.25) is 0 Å². The van der Waals surface area contributed by atoms with Crippen molar-refractivity contribution in [1.82, 2.24) is 9.88 Å². The maximum absolute atomic E-state index is 6.22. The zero-order valence-electron chi connectivity index (χ0n) is 15.2. The van der Waals surface area contributed by atoms with Crippen molar-refractivity contribution in [2.24, 2.45) is 17.8 Å². The molecule has 0 saturated carbocycles. The third-order valence-corrected chi connectivity index (χ3v) is 5.04. The first-order valence-corrected chi connectivity index (χ1v) is 9.26. The van der Waals surface area contributed by atoms with Crippen molar-refractivity contribution < 1.29 is 4.57 Å². The summed E-state index contributed by atoms with van der Waals surface area (Å²) >= 11 is 0. The maximum Gasteiger partial charge on any atom is 0.177 e. The monoisotopic (exact) mass is 348 g/mol. The van der Waals surface area contributed by atoms with E-state index in [4.69, 9.17) is 5.73 Å². The first kappa shape index (κ1) is 16.8. The van der Waals surface area contributed by atoms with E-state index in [2.05, 4.69) is 74.4 Å². The first-order chi connectivity index (χ1) is 12.7. The Morgan fingerprint density at radius 2 is 2.12 bits per heavy atom. The molecule has 1 unspecified atom stereocenters. The number of amidine groups is 1. The Kier molecular flexibility index (Phi) is 4.71. The lowest BCUT2D eigenvalue weighted by molar-refractivity contribution is -0.670. The van der Waals surface area contributed by atoms with E-state index in [0.717, 1.165) is 31.6 Å². The number of nitrogens with one attached hydrogen (secondary N) is 1. The molecule has 1 aromatic carbocycles. The highest BCUT2D eigenvalue weighted by molar-refractivity contribution is 5.97. The van der Waals surface area contributed by atoms with Crippen LogP contribution in [0.3, 0.4) is 0 Å². The molecule has 1 aliphatic heterocycles. The van der Waals surface area contributed by atoms with E-state index in [9.17, 15) is 0 Å². The molecule has 1 aliphatic rings. The Hall–Kier alpha value is -2.66. The van der Waals surface area contributed by atoms with Gasteiger partial charge in [0.2, 0.25) is 0 Å². The van der Waals surface area contributed by atoms with Crippen LogP contribution >= 0.6 is 0 Å². The number of piperidine rings is 1. The second-order valence-corrected chi connectivity index (χ2v) is 7.11. The van der Waals surface area contributed by atoms with E-state index in [1.165, 1.54) is 22.9 Å². The highest BCUT2D eigenvalue weighted by Crippen LogP contribution is 2.16. The van der Waals surface area contributed by atoms with Gasteiger partial charge in [0.15, 0.2) is 12.4 Å². The Morgan fingerprint density at radius 1 is 1.27 bits per heavy atom. The van der Waals surface area contributed by atoms with Gasteiger partial charge in [-0.3, -0.25) is 4.99 Å². The highest BCUT2D eigenvalue weighted by Gasteiger charge is 2.12. The molecule has 0 spiro atoms. The largest absolute Gasteiger partial charge is 0.383 e. The Labute approximate surface area is 154 Å². The molecule has 3 N–H and O–H groups in total. The molecule has 26 heavy (non-hydrogen) atoms. The van der Waals surface area contributed by atoms with E-state index in [1.54, 1.807) is 0 Å². The average Bonchev–Trinajstić information content (AvgIpc) is 3.05. The predicted octanol–water partition coefficient (Wildman–Crippen LogP) is 1.97. The standard InChI is InChI=1S/C21H26N5/c1-25-11-9-20-18(15-25)8-12-26(20)14-16-4-6-17(7-5-16)21(22)24-19-3-2-10-23-13-19/h4-9,11-12,15,19,23H,2-3,10,13-14H2,1H3,(H2,22,24)/q+1. The van der Waals surface area contributed by atoms with Crippen LogP contribution in [0.4, 0.5) is 0 Å². The van der Waals surface area contributed by atoms with Gasteiger partial charge < -0.3 is 15.6 Å². The topological polar surface area (TPSA) is 59.2 Å². The summed E-state index contributed by atoms with van der Waals surface area (Å²) in [5.74, 6) is 0.643. The number of aromatic nitrogens is 2. The molecular weight excluding hydrogens is 322 g/mol. The fourth-order valence-electron chi connectivity index (χ4n) is 3.58. The first-order valence-electron chi connectivity index (χ1n) is 9.26. The van der Waals surface area contributed by atoms with Gasteiger partial charge in [-0.1, -0.05) is 24.3 Å². The Bertz CT molecular complexity index is 917. The van der Waals surface area contributed by atoms with E-state index in [0.29, 0.717) is 11.9 Å². The van der Waals surface area contributed by atoms with Gasteiger partial charge in [-0.05, 0) is 31.0 Å². The van der Waals surface area contributed by atoms with Crippen LogP contribution < -0.4 is 15.6 Å². The zero-order valence-corrected chi connectivity index (χ0v) is 15.2. The van der Waals surface area contributed by atoms with E-state index in [1.807, 2.05) is 7.05 Å². The summed E-state index contributed by atoms with van der Waals surface area (Å²) in [4.78, 5) is 4.69. The number of aryl methyl sites for hydroxylation is 1. The summed E-state index contributed by atoms with van der Waals surface area (Å²) in [7, 11) is 2.05. The van der Waals surface area contributed by atoms with Crippen molar-refractivity contribution in [2.75, 3.05) is 13.1 Å². The molecule has 0 radical (unpaired) electrons. The van der Waals surface area contributed by atoms with Crippen LogP contribution in [0.1, 0.15) is 24.0 Å². The number of nitrogens with two attached hydrogens (primary N) is 1.